The van der Waals surface area contributed by atoms with Crippen LogP contribution in [0.3, 0.4) is 0 Å². The maximum absolute atomic E-state index is 10.8. The van der Waals surface area contributed by atoms with Crippen LogP contribution >= 0.6 is 0 Å². The molecule has 20 heavy (non-hydrogen) atoms. The maximum atomic E-state index is 10.8. The van der Waals surface area contributed by atoms with Crippen LogP contribution in [0.5, 0.6) is 17.6 Å². The zero-order chi connectivity index (χ0) is 14.7. The van der Waals surface area contributed by atoms with Gasteiger partial charge in [-0.3, -0.25) is 10.1 Å². The molecule has 0 radical (unpaired) electrons. The number of aromatic carboxylic acids is 1. The molecule has 0 saturated carbocycles. The maximum Gasteiger partial charge on any atom is 0.399 e. The minimum absolute atomic E-state index is 0.0660. The SMILES string of the molecule is COc1ccc(Oc2nc(C(=O)O)co2)cc1[N+](=O)[O-]. The van der Waals surface area contributed by atoms with Gasteiger partial charge in [0.15, 0.2) is 11.4 Å². The van der Waals surface area contributed by atoms with Gasteiger partial charge in [0.2, 0.25) is 0 Å². The van der Waals surface area contributed by atoms with Crippen LogP contribution in [0.1, 0.15) is 10.5 Å². The van der Waals surface area contributed by atoms with Crippen LogP contribution in [0.4, 0.5) is 5.69 Å². The Labute approximate surface area is 111 Å². The highest BCUT2D eigenvalue weighted by atomic mass is 16.6. The summed E-state index contributed by atoms with van der Waals surface area (Å²) in [6, 6.07) is 3.86. The van der Waals surface area contributed by atoms with Gasteiger partial charge in [0.1, 0.15) is 12.0 Å². The van der Waals surface area contributed by atoms with Crippen molar-refractivity contribution < 1.29 is 28.7 Å². The Hall–Kier alpha value is -3.10. The van der Waals surface area contributed by atoms with E-state index in [9.17, 15) is 14.9 Å². The molecule has 1 aromatic heterocycles. The summed E-state index contributed by atoms with van der Waals surface area (Å²) < 4.78 is 14.7. The molecule has 104 valence electrons. The number of methoxy groups -OCH3 is 1. The lowest BCUT2D eigenvalue weighted by molar-refractivity contribution is -0.385. The topological polar surface area (TPSA) is 125 Å². The number of nitro benzene ring substituents is 1. The number of ether oxygens (including phenoxy) is 2. The van der Waals surface area contributed by atoms with Crippen LogP contribution in [-0.4, -0.2) is 28.1 Å². The molecule has 1 N–H and O–H groups in total. The first-order chi connectivity index (χ1) is 9.51. The summed E-state index contributed by atoms with van der Waals surface area (Å²) in [5, 5.41) is 19.5. The molecule has 0 atom stereocenters. The number of rotatable bonds is 5. The second-order valence-electron chi connectivity index (χ2n) is 3.50. The first kappa shape index (κ1) is 13.3. The fraction of sp³-hybridized carbons (Fsp3) is 0.0909. The van der Waals surface area contributed by atoms with Crippen molar-refractivity contribution >= 4 is 11.7 Å². The van der Waals surface area contributed by atoms with Crippen LogP contribution in [0.25, 0.3) is 0 Å². The summed E-state index contributed by atoms with van der Waals surface area (Å²) in [7, 11) is 1.30. The summed E-state index contributed by atoms with van der Waals surface area (Å²) in [6.45, 7) is 0. The number of carboxylic acids is 1. The molecule has 0 spiro atoms. The molecule has 0 saturated heterocycles. The monoisotopic (exact) mass is 280 g/mol. The van der Waals surface area contributed by atoms with Crippen LogP contribution in [0, 0.1) is 10.1 Å². The standard InChI is InChI=1S/C11H8N2O7/c1-18-9-3-2-6(4-8(9)13(16)17)20-11-12-7(5-19-11)10(14)15/h2-5H,1H3,(H,14,15). The Morgan fingerprint density at radius 2 is 2.25 bits per heavy atom. The van der Waals surface area contributed by atoms with Crippen molar-refractivity contribution in [2.45, 2.75) is 0 Å². The molecule has 2 rings (SSSR count). The average molecular weight is 280 g/mol. The van der Waals surface area contributed by atoms with Crippen molar-refractivity contribution in [3.05, 3.63) is 40.3 Å². The third-order valence-electron chi connectivity index (χ3n) is 2.25. The lowest BCUT2D eigenvalue weighted by atomic mass is 10.3. The molecule has 0 aliphatic rings. The van der Waals surface area contributed by atoms with Crippen molar-refractivity contribution in [1.82, 2.24) is 4.98 Å². The van der Waals surface area contributed by atoms with Gasteiger partial charge in [0.05, 0.1) is 18.1 Å². The average Bonchev–Trinajstić information content (AvgIpc) is 2.87. The van der Waals surface area contributed by atoms with Crippen LogP contribution < -0.4 is 9.47 Å². The number of benzene rings is 1. The Morgan fingerprint density at radius 3 is 2.80 bits per heavy atom. The van der Waals surface area contributed by atoms with Gasteiger partial charge in [0, 0.05) is 0 Å². The predicted molar refractivity (Wildman–Crippen MR) is 63.2 cm³/mol. The lowest BCUT2D eigenvalue weighted by Crippen LogP contribution is -1.96. The number of carbonyl (C=O) groups is 1. The Kier molecular flexibility index (Phi) is 3.51. The number of oxazole rings is 1. The van der Waals surface area contributed by atoms with Gasteiger partial charge in [-0.2, -0.15) is 4.98 Å². The predicted octanol–water partition coefficient (Wildman–Crippen LogP) is 2.08. The van der Waals surface area contributed by atoms with Crippen LogP contribution in [0.15, 0.2) is 28.9 Å². The van der Waals surface area contributed by atoms with E-state index in [1.807, 2.05) is 0 Å². The second-order valence-corrected chi connectivity index (χ2v) is 3.50. The molecule has 0 fully saturated rings. The van der Waals surface area contributed by atoms with E-state index in [-0.39, 0.29) is 29.0 Å². The Morgan fingerprint density at radius 1 is 1.50 bits per heavy atom. The molecule has 0 amide bonds. The Bertz CT molecular complexity index is 665. The molecule has 0 unspecified atom stereocenters. The minimum atomic E-state index is -1.27. The van der Waals surface area contributed by atoms with Gasteiger partial charge in [0.25, 0.3) is 0 Å². The molecular formula is C11H8N2O7. The molecule has 0 aliphatic heterocycles. The van der Waals surface area contributed by atoms with E-state index in [4.69, 9.17) is 19.0 Å². The molecular weight excluding hydrogens is 272 g/mol. The van der Waals surface area contributed by atoms with Crippen molar-refractivity contribution in [3.8, 4) is 17.6 Å². The normalized spacial score (nSPS) is 10.1. The van der Waals surface area contributed by atoms with E-state index in [2.05, 4.69) is 4.98 Å². The molecule has 0 bridgehead atoms. The fourth-order valence-electron chi connectivity index (χ4n) is 1.38. The highest BCUT2D eigenvalue weighted by molar-refractivity contribution is 5.84. The van der Waals surface area contributed by atoms with Crippen molar-refractivity contribution in [2.75, 3.05) is 7.11 Å². The van der Waals surface area contributed by atoms with Gasteiger partial charge in [-0.1, -0.05) is 0 Å². The van der Waals surface area contributed by atoms with Gasteiger partial charge in [-0.15, -0.1) is 0 Å². The molecule has 0 aliphatic carbocycles. The minimum Gasteiger partial charge on any atom is -0.490 e. The number of aromatic nitrogens is 1. The number of nitro groups is 1. The van der Waals surface area contributed by atoms with E-state index < -0.39 is 10.9 Å². The van der Waals surface area contributed by atoms with E-state index in [0.717, 1.165) is 12.3 Å². The van der Waals surface area contributed by atoms with Gasteiger partial charge in [-0.25, -0.2) is 4.79 Å². The van der Waals surface area contributed by atoms with Crippen LogP contribution in [-0.2, 0) is 0 Å². The fourth-order valence-corrected chi connectivity index (χ4v) is 1.38. The first-order valence-corrected chi connectivity index (χ1v) is 5.20. The smallest absolute Gasteiger partial charge is 0.399 e. The number of hydrogen-bond acceptors (Lipinski definition) is 7. The van der Waals surface area contributed by atoms with Crippen molar-refractivity contribution in [1.29, 1.82) is 0 Å². The van der Waals surface area contributed by atoms with Gasteiger partial charge >= 0.3 is 17.7 Å². The van der Waals surface area contributed by atoms with E-state index in [0.29, 0.717) is 0 Å². The third-order valence-corrected chi connectivity index (χ3v) is 2.25. The van der Waals surface area contributed by atoms with Crippen molar-refractivity contribution in [2.24, 2.45) is 0 Å². The van der Waals surface area contributed by atoms with E-state index >= 15 is 0 Å². The third kappa shape index (κ3) is 2.66. The summed E-state index contributed by atoms with van der Waals surface area (Å²) in [6.07, 6.45) is 0.567. The van der Waals surface area contributed by atoms with Gasteiger partial charge in [-0.05, 0) is 12.1 Å². The summed E-state index contributed by atoms with van der Waals surface area (Å²) in [4.78, 5) is 24.3. The molecule has 9 heteroatoms. The highest BCUT2D eigenvalue weighted by Gasteiger charge is 2.18. The van der Waals surface area contributed by atoms with Crippen molar-refractivity contribution in [3.63, 3.8) is 0 Å². The highest BCUT2D eigenvalue weighted by Crippen LogP contribution is 2.32. The number of carboxylic acid groups (broad SMARTS) is 1. The summed E-state index contributed by atoms with van der Waals surface area (Å²) >= 11 is 0. The molecule has 1 heterocycles. The van der Waals surface area contributed by atoms with Crippen LogP contribution in [0.2, 0.25) is 0 Å². The molecule has 9 nitrogen and oxygen atoms in total. The number of nitrogens with zero attached hydrogens (tertiary/aromatic N) is 2. The lowest BCUT2D eigenvalue weighted by Gasteiger charge is -2.04. The Balaban J connectivity index is 2.26. The zero-order valence-corrected chi connectivity index (χ0v) is 10.1. The number of hydrogen-bond donors (Lipinski definition) is 1. The van der Waals surface area contributed by atoms with E-state index in [1.54, 1.807) is 0 Å². The van der Waals surface area contributed by atoms with E-state index in [1.165, 1.54) is 19.2 Å². The quantitative estimate of drug-likeness (QED) is 0.651. The molecule has 1 aromatic carbocycles. The zero-order valence-electron chi connectivity index (χ0n) is 10.1. The summed E-state index contributed by atoms with van der Waals surface area (Å²) in [5.41, 5.74) is -0.627. The largest absolute Gasteiger partial charge is 0.490 e. The summed E-state index contributed by atoms with van der Waals surface area (Å²) in [5.74, 6) is -1.14. The first-order valence-electron chi connectivity index (χ1n) is 5.20. The molecule has 2 aromatic rings. The second kappa shape index (κ2) is 5.26. The van der Waals surface area contributed by atoms with Gasteiger partial charge < -0.3 is 19.0 Å².